The minimum Gasteiger partial charge on any atom is -0.379 e. The monoisotopic (exact) mass is 348 g/mol. The summed E-state index contributed by atoms with van der Waals surface area (Å²) in [6, 6.07) is 12.1. The Balaban J connectivity index is 1.40. The Morgan fingerprint density at radius 2 is 2.04 bits per heavy atom. The number of amides is 2. The molecular weight excluding hydrogens is 328 g/mol. The Labute approximate surface area is 151 Å². The van der Waals surface area contributed by atoms with E-state index in [1.807, 2.05) is 42.7 Å². The van der Waals surface area contributed by atoms with Crippen LogP contribution in [0.4, 0.5) is 5.69 Å². The maximum Gasteiger partial charge on any atom is 0.230 e. The Morgan fingerprint density at radius 3 is 2.77 bits per heavy atom. The zero-order chi connectivity index (χ0) is 18.1. The third-order valence-corrected chi connectivity index (χ3v) is 4.78. The van der Waals surface area contributed by atoms with Gasteiger partial charge in [0.15, 0.2) is 0 Å². The van der Waals surface area contributed by atoms with Gasteiger partial charge in [-0.1, -0.05) is 18.2 Å². The van der Waals surface area contributed by atoms with Crippen LogP contribution in [0.25, 0.3) is 5.65 Å². The van der Waals surface area contributed by atoms with E-state index in [2.05, 4.69) is 33.0 Å². The third kappa shape index (κ3) is 3.18. The zero-order valence-corrected chi connectivity index (χ0v) is 14.5. The molecule has 132 valence electrons. The predicted octanol–water partition coefficient (Wildman–Crippen LogP) is 2.46. The largest absolute Gasteiger partial charge is 0.379 e. The van der Waals surface area contributed by atoms with E-state index >= 15 is 0 Å². The van der Waals surface area contributed by atoms with Crippen LogP contribution in [0, 0.1) is 12.8 Å². The van der Waals surface area contributed by atoms with Gasteiger partial charge in [-0.3, -0.25) is 14.9 Å². The summed E-state index contributed by atoms with van der Waals surface area (Å²) < 4.78 is 2.09. The molecule has 3 heterocycles. The summed E-state index contributed by atoms with van der Waals surface area (Å²) in [7, 11) is 0. The Bertz CT molecular complexity index is 975. The molecule has 0 bridgehead atoms. The van der Waals surface area contributed by atoms with Gasteiger partial charge in [0.1, 0.15) is 5.65 Å². The normalized spacial score (nSPS) is 16.9. The van der Waals surface area contributed by atoms with Gasteiger partial charge in [-0.25, -0.2) is 4.98 Å². The SMILES string of the molecule is Cc1cccn2c(CNc3ccc(C[C@H]4CC(=O)NC4=O)cc3)cnc12. The number of pyridine rings is 1. The molecule has 6 nitrogen and oxygen atoms in total. The van der Waals surface area contributed by atoms with E-state index in [0.29, 0.717) is 13.0 Å². The molecule has 1 fully saturated rings. The fourth-order valence-corrected chi connectivity index (χ4v) is 3.34. The topological polar surface area (TPSA) is 75.5 Å². The van der Waals surface area contributed by atoms with Crippen molar-refractivity contribution in [3.63, 3.8) is 0 Å². The molecule has 0 spiro atoms. The van der Waals surface area contributed by atoms with Crippen LogP contribution in [0.2, 0.25) is 0 Å². The lowest BCUT2D eigenvalue weighted by molar-refractivity contribution is -0.125. The standard InChI is InChI=1S/C20H20N4O2/c1-13-3-2-8-24-17(12-22-19(13)24)11-21-16-6-4-14(5-7-16)9-15-10-18(25)23-20(15)26/h2-8,12,15,21H,9-11H2,1H3,(H,23,25,26)/t15-/m0/s1. The first-order valence-corrected chi connectivity index (χ1v) is 8.68. The molecule has 0 aliphatic carbocycles. The van der Waals surface area contributed by atoms with Crippen LogP contribution in [0.5, 0.6) is 0 Å². The third-order valence-electron chi connectivity index (χ3n) is 4.78. The highest BCUT2D eigenvalue weighted by Gasteiger charge is 2.30. The van der Waals surface area contributed by atoms with E-state index in [9.17, 15) is 9.59 Å². The Kier molecular flexibility index (Phi) is 4.16. The predicted molar refractivity (Wildman–Crippen MR) is 98.7 cm³/mol. The lowest BCUT2D eigenvalue weighted by Crippen LogP contribution is -2.22. The van der Waals surface area contributed by atoms with Gasteiger partial charge in [0, 0.05) is 18.3 Å². The van der Waals surface area contributed by atoms with Gasteiger partial charge in [0.2, 0.25) is 11.8 Å². The van der Waals surface area contributed by atoms with Crippen LogP contribution < -0.4 is 10.6 Å². The molecule has 0 saturated carbocycles. The highest BCUT2D eigenvalue weighted by atomic mass is 16.2. The van der Waals surface area contributed by atoms with Crippen molar-refractivity contribution in [2.24, 2.45) is 5.92 Å². The van der Waals surface area contributed by atoms with Gasteiger partial charge >= 0.3 is 0 Å². The molecule has 1 aliphatic rings. The van der Waals surface area contributed by atoms with E-state index in [4.69, 9.17) is 0 Å². The maximum atomic E-state index is 11.7. The number of anilines is 1. The summed E-state index contributed by atoms with van der Waals surface area (Å²) in [6.45, 7) is 2.72. The van der Waals surface area contributed by atoms with Crippen molar-refractivity contribution in [1.29, 1.82) is 0 Å². The Morgan fingerprint density at radius 1 is 1.23 bits per heavy atom. The van der Waals surface area contributed by atoms with Crippen LogP contribution in [-0.4, -0.2) is 21.2 Å². The quantitative estimate of drug-likeness (QED) is 0.695. The van der Waals surface area contributed by atoms with Crippen molar-refractivity contribution in [3.8, 4) is 0 Å². The van der Waals surface area contributed by atoms with E-state index in [0.717, 1.165) is 28.2 Å². The zero-order valence-electron chi connectivity index (χ0n) is 14.5. The molecule has 1 aromatic carbocycles. The van der Waals surface area contributed by atoms with E-state index in [1.165, 1.54) is 0 Å². The number of fused-ring (bicyclic) bond motifs is 1. The molecule has 1 aliphatic heterocycles. The Hall–Kier alpha value is -3.15. The summed E-state index contributed by atoms with van der Waals surface area (Å²) in [6.07, 6.45) is 4.78. The molecule has 3 aromatic rings. The summed E-state index contributed by atoms with van der Waals surface area (Å²) in [4.78, 5) is 27.4. The number of benzene rings is 1. The number of aryl methyl sites for hydroxylation is 1. The second-order valence-electron chi connectivity index (χ2n) is 6.70. The number of carbonyl (C=O) groups is 2. The second kappa shape index (κ2) is 6.63. The average Bonchev–Trinajstić information content (AvgIpc) is 3.18. The summed E-state index contributed by atoms with van der Waals surface area (Å²) in [5, 5.41) is 5.76. The first-order valence-electron chi connectivity index (χ1n) is 8.68. The van der Waals surface area contributed by atoms with Gasteiger partial charge < -0.3 is 9.72 Å². The molecule has 1 saturated heterocycles. The number of hydrogen-bond donors (Lipinski definition) is 2. The molecule has 2 N–H and O–H groups in total. The number of imide groups is 1. The molecule has 0 radical (unpaired) electrons. The van der Waals surface area contributed by atoms with E-state index < -0.39 is 0 Å². The van der Waals surface area contributed by atoms with E-state index in [1.54, 1.807) is 0 Å². The number of nitrogens with zero attached hydrogens (tertiary/aromatic N) is 2. The van der Waals surface area contributed by atoms with Crippen LogP contribution in [0.3, 0.4) is 0 Å². The van der Waals surface area contributed by atoms with Crippen molar-refractivity contribution in [2.75, 3.05) is 5.32 Å². The number of imidazole rings is 1. The first kappa shape index (κ1) is 16.3. The molecule has 6 heteroatoms. The molecule has 0 unspecified atom stereocenters. The molecule has 2 aromatic heterocycles. The van der Waals surface area contributed by atoms with Crippen LogP contribution in [-0.2, 0) is 22.6 Å². The summed E-state index contributed by atoms with van der Waals surface area (Å²) in [5.41, 5.74) is 5.27. The van der Waals surface area contributed by atoms with E-state index in [-0.39, 0.29) is 24.2 Å². The van der Waals surface area contributed by atoms with Crippen molar-refractivity contribution in [2.45, 2.75) is 26.3 Å². The number of rotatable bonds is 5. The minimum atomic E-state index is -0.247. The highest BCUT2D eigenvalue weighted by Crippen LogP contribution is 2.19. The first-order chi connectivity index (χ1) is 12.6. The molecule has 4 rings (SSSR count). The number of carbonyl (C=O) groups excluding carboxylic acids is 2. The van der Waals surface area contributed by atoms with Gasteiger partial charge in [-0.05, 0) is 42.7 Å². The molecule has 1 atom stereocenters. The number of nitrogens with one attached hydrogen (secondary N) is 2. The van der Waals surface area contributed by atoms with Gasteiger partial charge in [0.05, 0.1) is 24.4 Å². The van der Waals surface area contributed by atoms with Crippen molar-refractivity contribution in [1.82, 2.24) is 14.7 Å². The highest BCUT2D eigenvalue weighted by molar-refractivity contribution is 6.03. The number of hydrogen-bond acceptors (Lipinski definition) is 4. The van der Waals surface area contributed by atoms with Crippen molar-refractivity contribution >= 4 is 23.1 Å². The number of aromatic nitrogens is 2. The fraction of sp³-hybridized carbons (Fsp3) is 0.250. The second-order valence-corrected chi connectivity index (χ2v) is 6.70. The maximum absolute atomic E-state index is 11.7. The average molecular weight is 348 g/mol. The van der Waals surface area contributed by atoms with Gasteiger partial charge in [-0.15, -0.1) is 0 Å². The van der Waals surface area contributed by atoms with Crippen molar-refractivity contribution < 1.29 is 9.59 Å². The smallest absolute Gasteiger partial charge is 0.230 e. The van der Waals surface area contributed by atoms with Crippen LogP contribution in [0.15, 0.2) is 48.8 Å². The molecule has 2 amide bonds. The lowest BCUT2D eigenvalue weighted by atomic mass is 9.98. The summed E-state index contributed by atoms with van der Waals surface area (Å²) in [5.74, 6) is -0.593. The van der Waals surface area contributed by atoms with Gasteiger partial charge in [-0.2, -0.15) is 0 Å². The van der Waals surface area contributed by atoms with Crippen molar-refractivity contribution in [3.05, 3.63) is 65.6 Å². The molecular formula is C20H20N4O2. The fourth-order valence-electron chi connectivity index (χ4n) is 3.34. The minimum absolute atomic E-state index is 0.167. The van der Waals surface area contributed by atoms with Crippen LogP contribution >= 0.6 is 0 Å². The van der Waals surface area contributed by atoms with Gasteiger partial charge in [0.25, 0.3) is 0 Å². The summed E-state index contributed by atoms with van der Waals surface area (Å²) >= 11 is 0. The van der Waals surface area contributed by atoms with Crippen LogP contribution in [0.1, 0.15) is 23.2 Å². The lowest BCUT2D eigenvalue weighted by Gasteiger charge is -2.09. The molecule has 26 heavy (non-hydrogen) atoms.